The zero-order valence-electron chi connectivity index (χ0n) is 15.7. The first kappa shape index (κ1) is 20.1. The minimum Gasteiger partial charge on any atom is -0.497 e. The van der Waals surface area contributed by atoms with Gasteiger partial charge in [-0.3, -0.25) is 9.59 Å². The van der Waals surface area contributed by atoms with Crippen molar-refractivity contribution in [3.8, 4) is 11.5 Å². The summed E-state index contributed by atoms with van der Waals surface area (Å²) in [6.45, 7) is 0.179. The number of anilines is 1. The maximum atomic E-state index is 13.3. The zero-order chi connectivity index (χ0) is 21.0. The number of nitrogens with one attached hydrogen (secondary N) is 1. The van der Waals surface area contributed by atoms with E-state index in [1.165, 1.54) is 43.2 Å². The Labute approximate surface area is 165 Å². The van der Waals surface area contributed by atoms with Gasteiger partial charge in [0.1, 0.15) is 11.5 Å². The molecular formula is C21H18F2N2O4. The molecule has 0 saturated heterocycles. The van der Waals surface area contributed by atoms with Crippen LogP contribution in [-0.4, -0.2) is 24.7 Å². The molecule has 0 unspecified atom stereocenters. The first-order valence-electron chi connectivity index (χ1n) is 8.58. The lowest BCUT2D eigenvalue weighted by molar-refractivity contribution is 0.102. The molecule has 0 atom stereocenters. The lowest BCUT2D eigenvalue weighted by Gasteiger charge is -2.12. The number of ether oxygens (including phenoxy) is 2. The summed E-state index contributed by atoms with van der Waals surface area (Å²) in [6.07, 6.45) is 1.39. The quantitative estimate of drug-likeness (QED) is 0.688. The Morgan fingerprint density at radius 2 is 1.66 bits per heavy atom. The molecule has 0 saturated carbocycles. The van der Waals surface area contributed by atoms with Gasteiger partial charge in [-0.2, -0.15) is 0 Å². The number of rotatable bonds is 6. The molecule has 1 N–H and O–H groups in total. The van der Waals surface area contributed by atoms with Crippen molar-refractivity contribution in [2.24, 2.45) is 0 Å². The fraction of sp³-hybridized carbons (Fsp3) is 0.143. The predicted molar refractivity (Wildman–Crippen MR) is 104 cm³/mol. The normalized spacial score (nSPS) is 10.5. The van der Waals surface area contributed by atoms with Crippen molar-refractivity contribution in [1.29, 1.82) is 0 Å². The van der Waals surface area contributed by atoms with E-state index in [-0.39, 0.29) is 23.4 Å². The van der Waals surface area contributed by atoms with Gasteiger partial charge in [0.25, 0.3) is 11.5 Å². The number of carbonyl (C=O) groups is 1. The molecule has 0 bridgehead atoms. The minimum absolute atomic E-state index is 0.101. The molecule has 0 aliphatic carbocycles. The van der Waals surface area contributed by atoms with Gasteiger partial charge in [0.15, 0.2) is 11.6 Å². The number of amides is 1. The van der Waals surface area contributed by atoms with Crippen molar-refractivity contribution in [2.75, 3.05) is 19.5 Å². The van der Waals surface area contributed by atoms with Crippen LogP contribution in [0.15, 0.2) is 59.5 Å². The average Bonchev–Trinajstić information content (AvgIpc) is 2.72. The van der Waals surface area contributed by atoms with Crippen molar-refractivity contribution >= 4 is 11.6 Å². The molecule has 29 heavy (non-hydrogen) atoms. The molecule has 0 aliphatic rings. The molecule has 2 aromatic carbocycles. The number of halogens is 2. The van der Waals surface area contributed by atoms with E-state index in [0.29, 0.717) is 11.5 Å². The molecule has 3 rings (SSSR count). The molecule has 8 heteroatoms. The van der Waals surface area contributed by atoms with Crippen molar-refractivity contribution in [3.63, 3.8) is 0 Å². The van der Waals surface area contributed by atoms with Gasteiger partial charge in [-0.1, -0.05) is 0 Å². The Morgan fingerprint density at radius 3 is 2.28 bits per heavy atom. The first-order chi connectivity index (χ1) is 13.9. The van der Waals surface area contributed by atoms with E-state index in [9.17, 15) is 18.4 Å². The monoisotopic (exact) mass is 400 g/mol. The summed E-state index contributed by atoms with van der Waals surface area (Å²) in [6, 6.07) is 10.9. The van der Waals surface area contributed by atoms with Gasteiger partial charge in [-0.05, 0) is 35.9 Å². The second-order valence-electron chi connectivity index (χ2n) is 6.19. The van der Waals surface area contributed by atoms with Gasteiger partial charge < -0.3 is 19.4 Å². The predicted octanol–water partition coefficient (Wildman–Crippen LogP) is 3.44. The van der Waals surface area contributed by atoms with Gasteiger partial charge in [-0.25, -0.2) is 8.78 Å². The third-order valence-corrected chi connectivity index (χ3v) is 4.19. The van der Waals surface area contributed by atoms with Crippen molar-refractivity contribution < 1.29 is 23.0 Å². The Kier molecular flexibility index (Phi) is 5.92. The smallest absolute Gasteiger partial charge is 0.257 e. The lowest BCUT2D eigenvalue weighted by Crippen LogP contribution is -2.22. The zero-order valence-corrected chi connectivity index (χ0v) is 15.7. The van der Waals surface area contributed by atoms with Gasteiger partial charge >= 0.3 is 0 Å². The highest BCUT2D eigenvalue weighted by molar-refractivity contribution is 6.04. The summed E-state index contributed by atoms with van der Waals surface area (Å²) in [5.41, 5.74) is 0.714. The fourth-order valence-corrected chi connectivity index (χ4v) is 2.72. The Balaban J connectivity index is 1.85. The Hall–Kier alpha value is -3.68. The van der Waals surface area contributed by atoms with Crippen LogP contribution < -0.4 is 20.3 Å². The van der Waals surface area contributed by atoms with Gasteiger partial charge in [0.2, 0.25) is 0 Å². The third-order valence-electron chi connectivity index (χ3n) is 4.19. The maximum Gasteiger partial charge on any atom is 0.257 e. The molecule has 1 aromatic heterocycles. The van der Waals surface area contributed by atoms with E-state index >= 15 is 0 Å². The van der Waals surface area contributed by atoms with E-state index in [1.807, 2.05) is 0 Å². The molecule has 0 aliphatic heterocycles. The SMILES string of the molecule is COc1cc(Cn2cc(C(=O)Nc3ccc(F)c(F)c3)ccc2=O)cc(OC)c1. The number of aromatic nitrogens is 1. The van der Waals surface area contributed by atoms with Crippen LogP contribution >= 0.6 is 0 Å². The van der Waals surface area contributed by atoms with Crippen LogP contribution in [0.1, 0.15) is 15.9 Å². The molecular weight excluding hydrogens is 382 g/mol. The number of methoxy groups -OCH3 is 2. The highest BCUT2D eigenvalue weighted by atomic mass is 19.2. The van der Waals surface area contributed by atoms with Crippen LogP contribution in [0.3, 0.4) is 0 Å². The summed E-state index contributed by atoms with van der Waals surface area (Å²) in [7, 11) is 3.04. The third kappa shape index (κ3) is 4.78. The number of nitrogens with zero attached hydrogens (tertiary/aromatic N) is 1. The van der Waals surface area contributed by atoms with E-state index < -0.39 is 17.5 Å². The summed E-state index contributed by atoms with van der Waals surface area (Å²) in [5, 5.41) is 2.47. The number of hydrogen-bond donors (Lipinski definition) is 1. The van der Waals surface area contributed by atoms with Gasteiger partial charge in [0, 0.05) is 30.1 Å². The topological polar surface area (TPSA) is 69.6 Å². The standard InChI is InChI=1S/C21H18F2N2O4/c1-28-16-7-13(8-17(10-16)29-2)11-25-12-14(3-6-20(25)26)21(27)24-15-4-5-18(22)19(23)9-15/h3-10,12H,11H2,1-2H3,(H,24,27). The minimum atomic E-state index is -1.07. The van der Waals surface area contributed by atoms with Crippen LogP contribution in [0.4, 0.5) is 14.5 Å². The number of benzene rings is 2. The summed E-state index contributed by atoms with van der Waals surface area (Å²) in [4.78, 5) is 24.7. The summed E-state index contributed by atoms with van der Waals surface area (Å²) < 4.78 is 38.2. The highest BCUT2D eigenvalue weighted by Crippen LogP contribution is 2.23. The van der Waals surface area contributed by atoms with Gasteiger partial charge in [0.05, 0.1) is 26.3 Å². The molecule has 0 spiro atoms. The molecule has 0 radical (unpaired) electrons. The number of pyridine rings is 1. The van der Waals surface area contributed by atoms with E-state index in [4.69, 9.17) is 9.47 Å². The molecule has 0 fully saturated rings. The van der Waals surface area contributed by atoms with Crippen molar-refractivity contribution in [3.05, 3.63) is 87.8 Å². The van der Waals surface area contributed by atoms with E-state index in [1.54, 1.807) is 18.2 Å². The summed E-state index contributed by atoms with van der Waals surface area (Å²) in [5.74, 6) is -1.50. The molecule has 6 nitrogen and oxygen atoms in total. The molecule has 150 valence electrons. The van der Waals surface area contributed by atoms with Crippen molar-refractivity contribution in [2.45, 2.75) is 6.54 Å². The largest absolute Gasteiger partial charge is 0.497 e. The summed E-state index contributed by atoms with van der Waals surface area (Å²) >= 11 is 0. The Morgan fingerprint density at radius 1 is 0.966 bits per heavy atom. The van der Waals surface area contributed by atoms with Crippen LogP contribution in [0, 0.1) is 11.6 Å². The van der Waals surface area contributed by atoms with Crippen LogP contribution in [0.5, 0.6) is 11.5 Å². The molecule has 1 heterocycles. The number of carbonyl (C=O) groups excluding carboxylic acids is 1. The Bertz CT molecular complexity index is 1090. The average molecular weight is 400 g/mol. The highest BCUT2D eigenvalue weighted by Gasteiger charge is 2.11. The van der Waals surface area contributed by atoms with Crippen LogP contribution in [-0.2, 0) is 6.54 Å². The number of hydrogen-bond acceptors (Lipinski definition) is 4. The fourth-order valence-electron chi connectivity index (χ4n) is 2.72. The lowest BCUT2D eigenvalue weighted by atomic mass is 10.2. The van der Waals surface area contributed by atoms with E-state index in [2.05, 4.69) is 5.32 Å². The molecule has 3 aromatic rings. The van der Waals surface area contributed by atoms with E-state index in [0.717, 1.165) is 17.7 Å². The second-order valence-corrected chi connectivity index (χ2v) is 6.19. The second kappa shape index (κ2) is 8.55. The first-order valence-corrected chi connectivity index (χ1v) is 8.58. The van der Waals surface area contributed by atoms with Crippen LogP contribution in [0.2, 0.25) is 0 Å². The van der Waals surface area contributed by atoms with Crippen LogP contribution in [0.25, 0.3) is 0 Å². The molecule has 1 amide bonds. The van der Waals surface area contributed by atoms with Gasteiger partial charge in [-0.15, -0.1) is 0 Å². The van der Waals surface area contributed by atoms with Crippen molar-refractivity contribution in [1.82, 2.24) is 4.57 Å². The maximum absolute atomic E-state index is 13.3.